The summed E-state index contributed by atoms with van der Waals surface area (Å²) in [6, 6.07) is 4.29. The number of aliphatic hydroxyl groups is 1. The lowest BCUT2D eigenvalue weighted by Gasteiger charge is -2.39. The van der Waals surface area contributed by atoms with Crippen LogP contribution in [0.15, 0.2) is 18.3 Å². The van der Waals surface area contributed by atoms with Crippen molar-refractivity contribution in [1.29, 1.82) is 0 Å². The van der Waals surface area contributed by atoms with E-state index in [0.29, 0.717) is 0 Å². The number of nitrogens with zero attached hydrogens (tertiary/aromatic N) is 1. The molecule has 0 radical (unpaired) electrons. The fraction of sp³-hybridized carbons (Fsp3) is 0.750. The molecule has 3 nitrogen and oxygen atoms in total. The van der Waals surface area contributed by atoms with Gasteiger partial charge in [0.15, 0.2) is 0 Å². The monoisotopic (exact) mass is 264 g/mol. The second-order valence-electron chi connectivity index (χ2n) is 6.17. The number of hydrogen-bond donors (Lipinski definition) is 2. The van der Waals surface area contributed by atoms with Crippen molar-refractivity contribution < 1.29 is 5.11 Å². The van der Waals surface area contributed by atoms with Gasteiger partial charge in [0.25, 0.3) is 0 Å². The lowest BCUT2D eigenvalue weighted by Crippen LogP contribution is -2.50. The molecule has 1 aliphatic rings. The third kappa shape index (κ3) is 3.61. The highest BCUT2D eigenvalue weighted by molar-refractivity contribution is 5.08. The number of nitrogens with one attached hydrogen (secondary N) is 1. The molecule has 0 bridgehead atoms. The molecule has 3 heteroatoms. The first kappa shape index (κ1) is 14.6. The van der Waals surface area contributed by atoms with Crippen LogP contribution < -0.4 is 5.32 Å². The van der Waals surface area contributed by atoms with E-state index in [0.717, 1.165) is 38.3 Å². The van der Waals surface area contributed by atoms with Crippen molar-refractivity contribution in [1.82, 2.24) is 9.88 Å². The molecule has 0 amide bonds. The maximum Gasteiger partial charge on any atom is 0.0613 e. The Balaban J connectivity index is 1.94. The number of aliphatic hydroxyl groups excluding tert-OH is 1. The number of rotatable bonds is 6. The molecule has 1 aliphatic carbocycles. The lowest BCUT2D eigenvalue weighted by molar-refractivity contribution is 0.103. The van der Waals surface area contributed by atoms with Gasteiger partial charge in [-0.3, -0.25) is 0 Å². The Morgan fingerprint density at radius 1 is 1.42 bits per heavy atom. The summed E-state index contributed by atoms with van der Waals surface area (Å²) in [5.74, 6) is 0.811. The zero-order valence-corrected chi connectivity index (χ0v) is 12.4. The zero-order valence-electron chi connectivity index (χ0n) is 12.4. The van der Waals surface area contributed by atoms with Crippen molar-refractivity contribution in [2.75, 3.05) is 6.61 Å². The van der Waals surface area contributed by atoms with E-state index in [1.807, 2.05) is 0 Å². The van der Waals surface area contributed by atoms with Crippen LogP contribution in [0.5, 0.6) is 0 Å². The van der Waals surface area contributed by atoms with Gasteiger partial charge in [-0.15, -0.1) is 0 Å². The summed E-state index contributed by atoms with van der Waals surface area (Å²) in [5, 5.41) is 13.4. The van der Waals surface area contributed by atoms with E-state index in [1.165, 1.54) is 18.5 Å². The normalized spacial score (nSPS) is 27.6. The first-order chi connectivity index (χ1) is 9.19. The molecule has 1 saturated carbocycles. The molecule has 2 N–H and O–H groups in total. The molecule has 19 heavy (non-hydrogen) atoms. The molecule has 0 aliphatic heterocycles. The molecule has 1 aromatic heterocycles. The third-order valence-corrected chi connectivity index (χ3v) is 4.57. The van der Waals surface area contributed by atoms with Crippen LogP contribution >= 0.6 is 0 Å². The van der Waals surface area contributed by atoms with Crippen molar-refractivity contribution in [3.05, 3.63) is 24.0 Å². The van der Waals surface area contributed by atoms with E-state index in [2.05, 4.69) is 42.1 Å². The molecule has 1 aromatic rings. The van der Waals surface area contributed by atoms with Gasteiger partial charge < -0.3 is 15.0 Å². The van der Waals surface area contributed by atoms with Gasteiger partial charge in [0.2, 0.25) is 0 Å². The molecule has 1 heterocycles. The van der Waals surface area contributed by atoms with Gasteiger partial charge in [0, 0.05) is 30.5 Å². The Hall–Kier alpha value is -0.800. The molecule has 0 aromatic carbocycles. The first-order valence-corrected chi connectivity index (χ1v) is 7.69. The maximum absolute atomic E-state index is 9.76. The van der Waals surface area contributed by atoms with Gasteiger partial charge in [-0.25, -0.2) is 0 Å². The van der Waals surface area contributed by atoms with Gasteiger partial charge >= 0.3 is 0 Å². The molecule has 0 atom stereocenters. The smallest absolute Gasteiger partial charge is 0.0613 e. The van der Waals surface area contributed by atoms with E-state index < -0.39 is 0 Å². The molecule has 0 saturated heterocycles. The molecule has 108 valence electrons. The largest absolute Gasteiger partial charge is 0.394 e. The van der Waals surface area contributed by atoms with Crippen LogP contribution in [0.4, 0.5) is 0 Å². The van der Waals surface area contributed by atoms with Crippen molar-refractivity contribution in [2.45, 2.75) is 64.6 Å². The highest BCUT2D eigenvalue weighted by Crippen LogP contribution is 2.31. The SMILES string of the molecule is CCCn1cccc1CNC1(CO)CCC(C)CC1. The Morgan fingerprint density at radius 2 is 2.16 bits per heavy atom. The summed E-state index contributed by atoms with van der Waals surface area (Å²) in [6.07, 6.45) is 7.95. The predicted molar refractivity (Wildman–Crippen MR) is 79.0 cm³/mol. The molecular weight excluding hydrogens is 236 g/mol. The van der Waals surface area contributed by atoms with E-state index in [-0.39, 0.29) is 12.1 Å². The quantitative estimate of drug-likeness (QED) is 0.829. The minimum absolute atomic E-state index is 0.0478. The Bertz CT molecular complexity index is 378. The third-order valence-electron chi connectivity index (χ3n) is 4.57. The van der Waals surface area contributed by atoms with Crippen LogP contribution in [0.2, 0.25) is 0 Å². The summed E-state index contributed by atoms with van der Waals surface area (Å²) in [4.78, 5) is 0. The first-order valence-electron chi connectivity index (χ1n) is 7.69. The zero-order chi connectivity index (χ0) is 13.7. The molecule has 0 spiro atoms. The number of aromatic nitrogens is 1. The summed E-state index contributed by atoms with van der Waals surface area (Å²) in [5.41, 5.74) is 1.28. The van der Waals surface area contributed by atoms with Gasteiger partial charge in [-0.05, 0) is 50.2 Å². The van der Waals surface area contributed by atoms with Gasteiger partial charge in [0.1, 0.15) is 0 Å². The van der Waals surface area contributed by atoms with Crippen molar-refractivity contribution in [2.24, 2.45) is 5.92 Å². The van der Waals surface area contributed by atoms with E-state index in [1.54, 1.807) is 0 Å². The highest BCUT2D eigenvalue weighted by atomic mass is 16.3. The Labute approximate surface area is 117 Å². The summed E-state index contributed by atoms with van der Waals surface area (Å²) >= 11 is 0. The molecular formula is C16H28N2O. The maximum atomic E-state index is 9.76. The van der Waals surface area contributed by atoms with Crippen LogP contribution in [0.25, 0.3) is 0 Å². The second kappa shape index (κ2) is 6.58. The van der Waals surface area contributed by atoms with Crippen molar-refractivity contribution in [3.8, 4) is 0 Å². The minimum Gasteiger partial charge on any atom is -0.394 e. The lowest BCUT2D eigenvalue weighted by atomic mass is 9.77. The highest BCUT2D eigenvalue weighted by Gasteiger charge is 2.33. The summed E-state index contributed by atoms with van der Waals surface area (Å²) < 4.78 is 2.31. The Kier molecular flexibility index (Phi) is 5.06. The van der Waals surface area contributed by atoms with E-state index >= 15 is 0 Å². The van der Waals surface area contributed by atoms with Gasteiger partial charge in [0.05, 0.1) is 6.61 Å². The van der Waals surface area contributed by atoms with Crippen LogP contribution in [-0.4, -0.2) is 21.8 Å². The Morgan fingerprint density at radius 3 is 2.79 bits per heavy atom. The predicted octanol–water partition coefficient (Wildman–Crippen LogP) is 2.93. The van der Waals surface area contributed by atoms with Crippen LogP contribution in [0, 0.1) is 5.92 Å². The average molecular weight is 264 g/mol. The topological polar surface area (TPSA) is 37.2 Å². The number of hydrogen-bond acceptors (Lipinski definition) is 2. The summed E-state index contributed by atoms with van der Waals surface area (Å²) in [7, 11) is 0. The minimum atomic E-state index is -0.0478. The van der Waals surface area contributed by atoms with Crippen molar-refractivity contribution >= 4 is 0 Å². The van der Waals surface area contributed by atoms with Crippen LogP contribution in [0.1, 0.15) is 51.6 Å². The standard InChI is InChI=1S/C16H28N2O/c1-3-10-18-11-4-5-15(18)12-17-16(13-19)8-6-14(2)7-9-16/h4-5,11,14,17,19H,3,6-10,12-13H2,1-2H3. The summed E-state index contributed by atoms with van der Waals surface area (Å²) in [6.45, 7) is 6.71. The second-order valence-corrected chi connectivity index (χ2v) is 6.17. The number of aryl methyl sites for hydroxylation is 1. The van der Waals surface area contributed by atoms with Crippen LogP contribution in [-0.2, 0) is 13.1 Å². The van der Waals surface area contributed by atoms with Gasteiger partial charge in [-0.1, -0.05) is 13.8 Å². The van der Waals surface area contributed by atoms with E-state index in [4.69, 9.17) is 0 Å². The fourth-order valence-corrected chi connectivity index (χ4v) is 3.05. The molecule has 0 unspecified atom stereocenters. The van der Waals surface area contributed by atoms with Gasteiger partial charge in [-0.2, -0.15) is 0 Å². The van der Waals surface area contributed by atoms with Crippen molar-refractivity contribution in [3.63, 3.8) is 0 Å². The fourth-order valence-electron chi connectivity index (χ4n) is 3.05. The molecule has 2 rings (SSSR count). The molecule has 1 fully saturated rings. The van der Waals surface area contributed by atoms with E-state index in [9.17, 15) is 5.11 Å². The van der Waals surface area contributed by atoms with Crippen LogP contribution in [0.3, 0.4) is 0 Å². The average Bonchev–Trinajstić information content (AvgIpc) is 2.87.